The molecule has 0 aliphatic carbocycles. The van der Waals surface area contributed by atoms with Crippen LogP contribution < -0.4 is 14.8 Å². The molecule has 1 fully saturated rings. The van der Waals surface area contributed by atoms with Crippen LogP contribution in [0.1, 0.15) is 22.5 Å². The molecule has 0 spiro atoms. The number of aryl methyl sites for hydroxylation is 1. The Morgan fingerprint density at radius 3 is 2.75 bits per heavy atom. The second-order valence-electron chi connectivity index (χ2n) is 6.26. The summed E-state index contributed by atoms with van der Waals surface area (Å²) in [4.78, 5) is 16.5. The molecule has 1 atom stereocenters. The lowest BCUT2D eigenvalue weighted by Crippen LogP contribution is -2.35. The summed E-state index contributed by atoms with van der Waals surface area (Å²) in [5.41, 5.74) is 0.140. The second-order valence-corrected chi connectivity index (χ2v) is 7.98. The summed E-state index contributed by atoms with van der Waals surface area (Å²) < 4.78 is 51.5. The highest BCUT2D eigenvalue weighted by atomic mass is 32.2. The molecule has 0 unspecified atom stereocenters. The Bertz CT molecular complexity index is 991. The fraction of sp³-hybridized carbons (Fsp3) is 0.333. The van der Waals surface area contributed by atoms with Crippen molar-refractivity contribution in [2.75, 3.05) is 25.6 Å². The zero-order valence-electron chi connectivity index (χ0n) is 15.4. The maximum atomic E-state index is 13.4. The quantitative estimate of drug-likeness (QED) is 0.754. The first-order chi connectivity index (χ1) is 13.3. The number of methoxy groups -OCH3 is 1. The highest BCUT2D eigenvalue weighted by molar-refractivity contribution is 7.89. The van der Waals surface area contributed by atoms with Crippen LogP contribution in [0, 0.1) is 12.7 Å². The number of sulfonamides is 1. The zero-order chi connectivity index (χ0) is 20.3. The van der Waals surface area contributed by atoms with Gasteiger partial charge in [-0.3, -0.25) is 4.79 Å². The molecule has 0 bridgehead atoms. The smallest absolute Gasteiger partial charge is 0.260 e. The van der Waals surface area contributed by atoms with Crippen molar-refractivity contribution in [1.82, 2.24) is 9.71 Å². The van der Waals surface area contributed by atoms with Crippen LogP contribution in [0.2, 0.25) is 0 Å². The van der Waals surface area contributed by atoms with Gasteiger partial charge in [0.15, 0.2) is 0 Å². The number of hydrogen-bond acceptors (Lipinski definition) is 6. The topological polar surface area (TPSA) is 107 Å². The number of ether oxygens (including phenoxy) is 2. The first-order valence-corrected chi connectivity index (χ1v) is 10.0. The Labute approximate surface area is 162 Å². The molecular weight excluding hydrogens is 389 g/mol. The molecule has 8 nitrogen and oxygen atoms in total. The molecule has 1 aromatic carbocycles. The molecule has 10 heteroatoms. The van der Waals surface area contributed by atoms with Crippen LogP contribution in [-0.2, 0) is 14.8 Å². The SMILES string of the molecule is COc1ccc(S(=O)(=O)N[C@H]2CCOC2)cc1C(=O)Nc1ccc(F)c(C)n1. The van der Waals surface area contributed by atoms with Gasteiger partial charge in [-0.1, -0.05) is 0 Å². The highest BCUT2D eigenvalue weighted by Crippen LogP contribution is 2.24. The minimum absolute atomic E-state index is 0.0109. The normalized spacial score (nSPS) is 16.8. The number of anilines is 1. The minimum Gasteiger partial charge on any atom is -0.496 e. The number of nitrogens with zero attached hydrogens (tertiary/aromatic N) is 1. The van der Waals surface area contributed by atoms with Crippen molar-refractivity contribution >= 4 is 21.7 Å². The average molecular weight is 409 g/mol. The number of amides is 1. The van der Waals surface area contributed by atoms with Crippen molar-refractivity contribution in [3.05, 3.63) is 47.4 Å². The maximum absolute atomic E-state index is 13.4. The van der Waals surface area contributed by atoms with Crippen LogP contribution in [0.25, 0.3) is 0 Å². The molecule has 1 amide bonds. The fourth-order valence-corrected chi connectivity index (χ4v) is 4.02. The number of rotatable bonds is 6. The van der Waals surface area contributed by atoms with Gasteiger partial charge >= 0.3 is 0 Å². The second kappa shape index (κ2) is 8.21. The van der Waals surface area contributed by atoms with Crippen molar-refractivity contribution in [2.45, 2.75) is 24.3 Å². The van der Waals surface area contributed by atoms with Crippen molar-refractivity contribution in [3.63, 3.8) is 0 Å². The third-order valence-electron chi connectivity index (χ3n) is 4.24. The van der Waals surface area contributed by atoms with Crippen LogP contribution in [-0.4, -0.2) is 45.7 Å². The largest absolute Gasteiger partial charge is 0.496 e. The van der Waals surface area contributed by atoms with Gasteiger partial charge in [0.25, 0.3) is 5.91 Å². The summed E-state index contributed by atoms with van der Waals surface area (Å²) in [6.45, 7) is 2.27. The van der Waals surface area contributed by atoms with Crippen LogP contribution in [0.5, 0.6) is 5.75 Å². The van der Waals surface area contributed by atoms with E-state index in [1.807, 2.05) is 0 Å². The van der Waals surface area contributed by atoms with E-state index in [2.05, 4.69) is 15.0 Å². The van der Waals surface area contributed by atoms with Gasteiger partial charge < -0.3 is 14.8 Å². The van der Waals surface area contributed by atoms with E-state index >= 15 is 0 Å². The third kappa shape index (κ3) is 4.46. The summed E-state index contributed by atoms with van der Waals surface area (Å²) in [5.74, 6) is -0.790. The van der Waals surface area contributed by atoms with Gasteiger partial charge in [-0.2, -0.15) is 0 Å². The lowest BCUT2D eigenvalue weighted by Gasteiger charge is -2.14. The minimum atomic E-state index is -3.84. The molecule has 1 saturated heterocycles. The van der Waals surface area contributed by atoms with E-state index in [0.29, 0.717) is 19.6 Å². The van der Waals surface area contributed by atoms with Gasteiger partial charge in [-0.25, -0.2) is 22.5 Å². The van der Waals surface area contributed by atoms with Gasteiger partial charge in [-0.05, 0) is 43.7 Å². The van der Waals surface area contributed by atoms with E-state index < -0.39 is 21.7 Å². The van der Waals surface area contributed by atoms with Crippen molar-refractivity contribution < 1.29 is 27.1 Å². The maximum Gasteiger partial charge on any atom is 0.260 e. The summed E-state index contributed by atoms with van der Waals surface area (Å²) in [6, 6.07) is 6.17. The first kappa shape index (κ1) is 20.2. The Morgan fingerprint density at radius 2 is 2.11 bits per heavy atom. The number of carbonyl (C=O) groups is 1. The summed E-state index contributed by atoms with van der Waals surface area (Å²) >= 11 is 0. The number of benzene rings is 1. The molecule has 2 aromatic rings. The lowest BCUT2D eigenvalue weighted by molar-refractivity contribution is 0.102. The van der Waals surface area contributed by atoms with E-state index in [9.17, 15) is 17.6 Å². The molecule has 1 aliphatic rings. The fourth-order valence-electron chi connectivity index (χ4n) is 2.74. The number of aromatic nitrogens is 1. The molecule has 1 aliphatic heterocycles. The van der Waals surface area contributed by atoms with E-state index in [-0.39, 0.29) is 33.8 Å². The Kier molecular flexibility index (Phi) is 5.92. The molecule has 0 saturated carbocycles. The highest BCUT2D eigenvalue weighted by Gasteiger charge is 2.25. The molecule has 150 valence electrons. The van der Waals surface area contributed by atoms with E-state index in [0.717, 1.165) is 0 Å². The number of carbonyl (C=O) groups excluding carboxylic acids is 1. The van der Waals surface area contributed by atoms with Gasteiger partial charge in [-0.15, -0.1) is 0 Å². The van der Waals surface area contributed by atoms with Gasteiger partial charge in [0.05, 0.1) is 29.9 Å². The summed E-state index contributed by atoms with van der Waals surface area (Å²) in [5, 5.41) is 2.52. The molecule has 28 heavy (non-hydrogen) atoms. The summed E-state index contributed by atoms with van der Waals surface area (Å²) in [6.07, 6.45) is 0.582. The number of nitrogens with one attached hydrogen (secondary N) is 2. The predicted molar refractivity (Wildman–Crippen MR) is 99.4 cm³/mol. The molecule has 3 rings (SSSR count). The standard InChI is InChI=1S/C18H20FN3O5S/c1-11-15(19)4-6-17(20-11)21-18(23)14-9-13(3-5-16(14)26-2)28(24,25)22-12-7-8-27-10-12/h3-6,9,12,22H,7-8,10H2,1-2H3,(H,20,21,23)/t12-/m0/s1. The Balaban J connectivity index is 1.87. The number of pyridine rings is 1. The molecule has 2 N–H and O–H groups in total. The van der Waals surface area contributed by atoms with Crippen LogP contribution in [0.15, 0.2) is 35.2 Å². The van der Waals surface area contributed by atoms with Crippen LogP contribution >= 0.6 is 0 Å². The monoisotopic (exact) mass is 409 g/mol. The summed E-state index contributed by atoms with van der Waals surface area (Å²) in [7, 11) is -2.47. The average Bonchev–Trinajstić information content (AvgIpc) is 3.16. The third-order valence-corrected chi connectivity index (χ3v) is 5.76. The van der Waals surface area contributed by atoms with Crippen molar-refractivity contribution in [2.24, 2.45) is 0 Å². The lowest BCUT2D eigenvalue weighted by atomic mass is 10.2. The predicted octanol–water partition coefficient (Wildman–Crippen LogP) is 1.86. The Hall–Kier alpha value is -2.56. The first-order valence-electron chi connectivity index (χ1n) is 8.53. The molecule has 1 aromatic heterocycles. The van der Waals surface area contributed by atoms with E-state index in [4.69, 9.17) is 9.47 Å². The van der Waals surface area contributed by atoms with Gasteiger partial charge in [0.2, 0.25) is 10.0 Å². The molecular formula is C18H20FN3O5S. The van der Waals surface area contributed by atoms with Gasteiger partial charge in [0.1, 0.15) is 17.4 Å². The number of halogens is 1. The molecule has 2 heterocycles. The van der Waals surface area contributed by atoms with Crippen LogP contribution in [0.3, 0.4) is 0 Å². The van der Waals surface area contributed by atoms with Gasteiger partial charge in [0, 0.05) is 12.6 Å². The van der Waals surface area contributed by atoms with Crippen LogP contribution in [0.4, 0.5) is 10.2 Å². The van der Waals surface area contributed by atoms with Crippen molar-refractivity contribution in [3.8, 4) is 5.75 Å². The van der Waals surface area contributed by atoms with Crippen molar-refractivity contribution in [1.29, 1.82) is 0 Å². The Morgan fingerprint density at radius 1 is 1.32 bits per heavy atom. The molecule has 0 radical (unpaired) electrons. The van der Waals surface area contributed by atoms with E-state index in [1.165, 1.54) is 44.4 Å². The number of hydrogen-bond donors (Lipinski definition) is 2. The zero-order valence-corrected chi connectivity index (χ0v) is 16.2. The van der Waals surface area contributed by atoms with E-state index in [1.54, 1.807) is 0 Å².